The molecule has 0 aromatic rings. The second-order valence-electron chi connectivity index (χ2n) is 2.64. The fourth-order valence-electron chi connectivity index (χ4n) is 0.651. The molecule has 0 fully saturated rings. The maximum Gasteiger partial charge on any atom is 0.236 e. The van der Waals surface area contributed by atoms with Gasteiger partial charge in [-0.1, -0.05) is 13.3 Å². The van der Waals surface area contributed by atoms with Crippen molar-refractivity contribution in [3.8, 4) is 0 Å². The van der Waals surface area contributed by atoms with Crippen LogP contribution in [0, 0.1) is 13.8 Å². The van der Waals surface area contributed by atoms with Gasteiger partial charge in [0.15, 0.2) is 0 Å². The third-order valence-corrected chi connectivity index (χ3v) is 1.31. The molecular formula is C8H16N2O. The van der Waals surface area contributed by atoms with Crippen LogP contribution in [-0.2, 0) is 4.79 Å². The van der Waals surface area contributed by atoms with E-state index in [2.05, 4.69) is 19.2 Å². The van der Waals surface area contributed by atoms with Gasteiger partial charge in [-0.25, -0.2) is 0 Å². The summed E-state index contributed by atoms with van der Waals surface area (Å²) in [5.74, 6) is -0.154. The topological polar surface area (TPSA) is 55.1 Å². The van der Waals surface area contributed by atoms with Crippen molar-refractivity contribution >= 4 is 5.91 Å². The molecule has 0 rings (SSSR count). The van der Waals surface area contributed by atoms with Gasteiger partial charge in [-0.3, -0.25) is 4.79 Å². The normalized spacial score (nSPS) is 15.6. The van der Waals surface area contributed by atoms with Gasteiger partial charge in [0.1, 0.15) is 0 Å². The van der Waals surface area contributed by atoms with Gasteiger partial charge in [-0.05, 0) is 20.3 Å². The molecule has 1 amide bonds. The molecule has 0 saturated heterocycles. The van der Waals surface area contributed by atoms with Crippen molar-refractivity contribution in [2.75, 3.05) is 0 Å². The summed E-state index contributed by atoms with van der Waals surface area (Å²) in [6.45, 7) is 9.02. The summed E-state index contributed by atoms with van der Waals surface area (Å²) in [5.41, 5.74) is 5.32. The Morgan fingerprint density at radius 2 is 2.27 bits per heavy atom. The molecule has 0 aromatic carbocycles. The number of nitrogens with two attached hydrogens (primary N) is 1. The van der Waals surface area contributed by atoms with Gasteiger partial charge in [0.05, 0.1) is 6.04 Å². The highest BCUT2D eigenvalue weighted by atomic mass is 16.2. The zero-order chi connectivity index (χ0) is 8.85. The fourth-order valence-corrected chi connectivity index (χ4v) is 0.651. The molecule has 3 N–H and O–H groups in total. The molecule has 2 atom stereocenters. The molecule has 11 heavy (non-hydrogen) atoms. The lowest BCUT2D eigenvalue weighted by Gasteiger charge is -2.13. The first-order chi connectivity index (χ1) is 5.07. The van der Waals surface area contributed by atoms with Gasteiger partial charge in [0.25, 0.3) is 0 Å². The van der Waals surface area contributed by atoms with Gasteiger partial charge >= 0.3 is 0 Å². The first-order valence-corrected chi connectivity index (χ1v) is 3.76. The summed E-state index contributed by atoms with van der Waals surface area (Å²) >= 11 is 0. The van der Waals surface area contributed by atoms with Crippen molar-refractivity contribution < 1.29 is 4.79 Å². The van der Waals surface area contributed by atoms with Gasteiger partial charge in [-0.15, -0.1) is 0 Å². The number of rotatable bonds is 4. The SMILES string of the molecule is [CH2]CC[C@@H]([CH2])NC(=O)[C@@H](C)N. The largest absolute Gasteiger partial charge is 0.352 e. The van der Waals surface area contributed by atoms with E-state index in [0.717, 1.165) is 12.8 Å². The van der Waals surface area contributed by atoms with E-state index in [9.17, 15) is 4.79 Å². The first-order valence-electron chi connectivity index (χ1n) is 3.76. The molecule has 2 radical (unpaired) electrons. The molecular weight excluding hydrogens is 140 g/mol. The van der Waals surface area contributed by atoms with Crippen LogP contribution < -0.4 is 11.1 Å². The molecule has 0 bridgehead atoms. The molecule has 64 valence electrons. The van der Waals surface area contributed by atoms with Crippen molar-refractivity contribution in [1.82, 2.24) is 5.32 Å². The molecule has 0 spiro atoms. The summed E-state index contributed by atoms with van der Waals surface area (Å²) in [5, 5.41) is 2.67. The Balaban J connectivity index is 3.57. The van der Waals surface area contributed by atoms with E-state index in [-0.39, 0.29) is 11.9 Å². The Morgan fingerprint density at radius 3 is 2.64 bits per heavy atom. The Hall–Kier alpha value is -0.570. The number of nitrogens with one attached hydrogen (secondary N) is 1. The summed E-state index contributed by atoms with van der Waals surface area (Å²) in [4.78, 5) is 10.9. The predicted octanol–water partition coefficient (Wildman–Crippen LogP) is 0.267. The van der Waals surface area contributed by atoms with Crippen molar-refractivity contribution in [2.45, 2.75) is 31.8 Å². The fraction of sp³-hybridized carbons (Fsp3) is 0.625. The second kappa shape index (κ2) is 5.13. The standard InChI is InChI=1S/C8H16N2O/c1-4-5-6(2)10-8(11)7(3)9/h6-7H,1-2,4-5,9H2,3H3,(H,10,11)/t6-,7-/m1/s1. The molecule has 0 unspecified atom stereocenters. The highest BCUT2D eigenvalue weighted by Crippen LogP contribution is 1.93. The van der Waals surface area contributed by atoms with Crippen LogP contribution in [0.1, 0.15) is 19.8 Å². The Morgan fingerprint density at radius 1 is 1.73 bits per heavy atom. The highest BCUT2D eigenvalue weighted by molar-refractivity contribution is 5.81. The van der Waals surface area contributed by atoms with Crippen LogP contribution in [0.3, 0.4) is 0 Å². The molecule has 0 saturated carbocycles. The van der Waals surface area contributed by atoms with E-state index >= 15 is 0 Å². The predicted molar refractivity (Wildman–Crippen MR) is 45.5 cm³/mol. The molecule has 0 aromatic heterocycles. The van der Waals surface area contributed by atoms with Crippen LogP contribution in [0.2, 0.25) is 0 Å². The van der Waals surface area contributed by atoms with E-state index in [0.29, 0.717) is 0 Å². The van der Waals surface area contributed by atoms with E-state index in [1.54, 1.807) is 6.92 Å². The minimum atomic E-state index is -0.455. The van der Waals surface area contributed by atoms with Gasteiger partial charge < -0.3 is 11.1 Å². The quantitative estimate of drug-likeness (QED) is 0.613. The Labute approximate surface area is 68.3 Å². The lowest BCUT2D eigenvalue weighted by Crippen LogP contribution is -2.42. The van der Waals surface area contributed by atoms with Gasteiger partial charge in [-0.2, -0.15) is 0 Å². The third-order valence-electron chi connectivity index (χ3n) is 1.31. The number of carbonyl (C=O) groups is 1. The van der Waals surface area contributed by atoms with E-state index in [1.807, 2.05) is 0 Å². The van der Waals surface area contributed by atoms with Crippen LogP contribution in [-0.4, -0.2) is 18.0 Å². The van der Waals surface area contributed by atoms with Crippen LogP contribution >= 0.6 is 0 Å². The Kier molecular flexibility index (Phi) is 4.86. The summed E-state index contributed by atoms with van der Waals surface area (Å²) in [7, 11) is 0. The second-order valence-corrected chi connectivity index (χ2v) is 2.64. The average molecular weight is 156 g/mol. The number of amides is 1. The van der Waals surface area contributed by atoms with Gasteiger partial charge in [0.2, 0.25) is 5.91 Å². The van der Waals surface area contributed by atoms with Crippen molar-refractivity contribution in [1.29, 1.82) is 0 Å². The monoisotopic (exact) mass is 156 g/mol. The minimum absolute atomic E-state index is 0.0639. The van der Waals surface area contributed by atoms with Crippen LogP contribution in [0.4, 0.5) is 0 Å². The smallest absolute Gasteiger partial charge is 0.236 e. The molecule has 0 aliphatic heterocycles. The average Bonchev–Trinajstić information content (AvgIpc) is 1.87. The van der Waals surface area contributed by atoms with Crippen LogP contribution in [0.5, 0.6) is 0 Å². The lowest BCUT2D eigenvalue weighted by molar-refractivity contribution is -0.122. The summed E-state index contributed by atoms with van der Waals surface area (Å²) in [6, 6.07) is -0.518. The van der Waals surface area contributed by atoms with Crippen molar-refractivity contribution in [3.05, 3.63) is 13.8 Å². The van der Waals surface area contributed by atoms with Crippen molar-refractivity contribution in [2.24, 2.45) is 5.73 Å². The molecule has 0 heterocycles. The highest BCUT2D eigenvalue weighted by Gasteiger charge is 2.09. The molecule has 0 aliphatic rings. The maximum atomic E-state index is 10.9. The number of carbonyl (C=O) groups excluding carboxylic acids is 1. The van der Waals surface area contributed by atoms with E-state index in [1.165, 1.54) is 0 Å². The molecule has 0 aliphatic carbocycles. The minimum Gasteiger partial charge on any atom is -0.352 e. The third kappa shape index (κ3) is 4.79. The molecule has 3 nitrogen and oxygen atoms in total. The number of hydrogen-bond donors (Lipinski definition) is 2. The number of hydrogen-bond acceptors (Lipinski definition) is 2. The zero-order valence-electron chi connectivity index (χ0n) is 6.97. The van der Waals surface area contributed by atoms with Gasteiger partial charge in [0, 0.05) is 6.04 Å². The lowest BCUT2D eigenvalue weighted by atomic mass is 10.2. The summed E-state index contributed by atoms with van der Waals surface area (Å²) < 4.78 is 0. The maximum absolute atomic E-state index is 10.9. The van der Waals surface area contributed by atoms with Crippen LogP contribution in [0.15, 0.2) is 0 Å². The Bertz CT molecular complexity index is 123. The zero-order valence-corrected chi connectivity index (χ0v) is 6.97. The molecule has 3 heteroatoms. The van der Waals surface area contributed by atoms with Crippen molar-refractivity contribution in [3.63, 3.8) is 0 Å². The van der Waals surface area contributed by atoms with E-state index < -0.39 is 6.04 Å². The van der Waals surface area contributed by atoms with E-state index in [4.69, 9.17) is 5.73 Å². The first kappa shape index (κ1) is 10.4. The summed E-state index contributed by atoms with van der Waals surface area (Å²) in [6.07, 6.45) is 1.56. The van der Waals surface area contributed by atoms with Crippen LogP contribution in [0.25, 0.3) is 0 Å².